The van der Waals surface area contributed by atoms with Crippen LogP contribution < -0.4 is 5.32 Å². The first-order chi connectivity index (χ1) is 12.0. The van der Waals surface area contributed by atoms with Gasteiger partial charge in [-0.25, -0.2) is 4.39 Å². The average molecular weight is 357 g/mol. The van der Waals surface area contributed by atoms with Gasteiger partial charge in [0.1, 0.15) is 5.82 Å². The van der Waals surface area contributed by atoms with Gasteiger partial charge in [-0.15, -0.1) is 10.2 Å². The molecule has 0 bridgehead atoms. The lowest BCUT2D eigenvalue weighted by Gasteiger charge is -2.05. The summed E-state index contributed by atoms with van der Waals surface area (Å²) in [6, 6.07) is 12.3. The molecule has 0 aliphatic heterocycles. The van der Waals surface area contributed by atoms with E-state index in [1.165, 1.54) is 12.1 Å². The minimum absolute atomic E-state index is 0.0444. The standard InChI is InChI=1S/C18H16FN3O2S/c1-11-4-3-5-13(8-11)17-21-22-18(24-17)25-10-16(23)20-15-7-6-12(2)9-14(15)19/h3-9H,10H2,1-2H3,(H,20,23). The van der Waals surface area contributed by atoms with Crippen LogP contribution in [-0.2, 0) is 4.79 Å². The first-order valence-electron chi connectivity index (χ1n) is 7.60. The van der Waals surface area contributed by atoms with Crippen molar-refractivity contribution in [2.45, 2.75) is 19.1 Å². The zero-order valence-electron chi connectivity index (χ0n) is 13.7. The maximum atomic E-state index is 13.7. The molecule has 1 heterocycles. The predicted octanol–water partition coefficient (Wildman–Crippen LogP) is 4.22. The third kappa shape index (κ3) is 4.45. The quantitative estimate of drug-likeness (QED) is 0.692. The molecule has 2 aromatic carbocycles. The Kier molecular flexibility index (Phi) is 5.14. The topological polar surface area (TPSA) is 68.0 Å². The van der Waals surface area contributed by atoms with E-state index in [9.17, 15) is 9.18 Å². The van der Waals surface area contributed by atoms with Crippen LogP contribution in [0.5, 0.6) is 0 Å². The number of amides is 1. The maximum absolute atomic E-state index is 13.7. The number of nitrogens with one attached hydrogen (secondary N) is 1. The molecule has 128 valence electrons. The van der Waals surface area contributed by atoms with Crippen molar-refractivity contribution < 1.29 is 13.6 Å². The molecule has 0 saturated carbocycles. The summed E-state index contributed by atoms with van der Waals surface area (Å²) in [7, 11) is 0. The fourth-order valence-electron chi connectivity index (χ4n) is 2.20. The molecule has 3 aromatic rings. The normalized spacial score (nSPS) is 10.7. The number of aromatic nitrogens is 2. The number of rotatable bonds is 5. The van der Waals surface area contributed by atoms with Gasteiger partial charge < -0.3 is 9.73 Å². The predicted molar refractivity (Wildman–Crippen MR) is 95.0 cm³/mol. The third-order valence-electron chi connectivity index (χ3n) is 3.40. The molecule has 0 fully saturated rings. The molecule has 3 rings (SSSR count). The zero-order valence-corrected chi connectivity index (χ0v) is 14.6. The number of thioether (sulfide) groups is 1. The molecule has 0 aliphatic carbocycles. The van der Waals surface area contributed by atoms with Crippen LogP contribution in [0.3, 0.4) is 0 Å². The summed E-state index contributed by atoms with van der Waals surface area (Å²) in [6.07, 6.45) is 0. The fraction of sp³-hybridized carbons (Fsp3) is 0.167. The SMILES string of the molecule is Cc1cccc(-c2nnc(SCC(=O)Nc3ccc(C)cc3F)o2)c1. The lowest BCUT2D eigenvalue weighted by Crippen LogP contribution is -2.15. The summed E-state index contributed by atoms with van der Waals surface area (Å²) in [5, 5.41) is 10.7. The van der Waals surface area contributed by atoms with Crippen LogP contribution >= 0.6 is 11.8 Å². The highest BCUT2D eigenvalue weighted by atomic mass is 32.2. The maximum Gasteiger partial charge on any atom is 0.277 e. The second kappa shape index (κ2) is 7.48. The summed E-state index contributed by atoms with van der Waals surface area (Å²) in [6.45, 7) is 3.76. The Morgan fingerprint density at radius 2 is 1.96 bits per heavy atom. The number of carbonyl (C=O) groups excluding carboxylic acids is 1. The number of benzene rings is 2. The zero-order chi connectivity index (χ0) is 17.8. The van der Waals surface area contributed by atoms with Gasteiger partial charge in [0, 0.05) is 5.56 Å². The highest BCUT2D eigenvalue weighted by Gasteiger charge is 2.12. The van der Waals surface area contributed by atoms with Gasteiger partial charge in [0.25, 0.3) is 5.22 Å². The van der Waals surface area contributed by atoms with Gasteiger partial charge in [0.15, 0.2) is 0 Å². The molecule has 7 heteroatoms. The number of halogens is 1. The van der Waals surface area contributed by atoms with Crippen molar-refractivity contribution in [2.24, 2.45) is 0 Å². The molecule has 1 aromatic heterocycles. The van der Waals surface area contributed by atoms with Gasteiger partial charge in [-0.2, -0.15) is 0 Å². The summed E-state index contributed by atoms with van der Waals surface area (Å²) >= 11 is 1.10. The van der Waals surface area contributed by atoms with E-state index < -0.39 is 5.82 Å². The van der Waals surface area contributed by atoms with E-state index >= 15 is 0 Å². The summed E-state index contributed by atoms with van der Waals surface area (Å²) in [5.41, 5.74) is 2.86. The van der Waals surface area contributed by atoms with Crippen molar-refractivity contribution >= 4 is 23.4 Å². The highest BCUT2D eigenvalue weighted by molar-refractivity contribution is 7.99. The van der Waals surface area contributed by atoms with Crippen LogP contribution in [0.25, 0.3) is 11.5 Å². The number of hydrogen-bond donors (Lipinski definition) is 1. The number of carbonyl (C=O) groups is 1. The van der Waals surface area contributed by atoms with Gasteiger partial charge in [-0.3, -0.25) is 4.79 Å². The monoisotopic (exact) mass is 357 g/mol. The lowest BCUT2D eigenvalue weighted by atomic mass is 10.1. The van der Waals surface area contributed by atoms with Crippen molar-refractivity contribution in [1.82, 2.24) is 10.2 Å². The van der Waals surface area contributed by atoms with Gasteiger partial charge >= 0.3 is 0 Å². The Morgan fingerprint density at radius 1 is 1.16 bits per heavy atom. The van der Waals surface area contributed by atoms with Gasteiger partial charge in [-0.05, 0) is 43.7 Å². The van der Waals surface area contributed by atoms with Crippen LogP contribution in [-0.4, -0.2) is 21.9 Å². The first kappa shape index (κ1) is 17.2. The van der Waals surface area contributed by atoms with Crippen molar-refractivity contribution in [2.75, 3.05) is 11.1 Å². The Bertz CT molecular complexity index is 911. The highest BCUT2D eigenvalue weighted by Crippen LogP contribution is 2.24. The Balaban J connectivity index is 1.59. The average Bonchev–Trinajstić information content (AvgIpc) is 3.05. The molecule has 5 nitrogen and oxygen atoms in total. The largest absolute Gasteiger partial charge is 0.411 e. The fourth-order valence-corrected chi connectivity index (χ4v) is 2.76. The van der Waals surface area contributed by atoms with Gasteiger partial charge in [0.2, 0.25) is 11.8 Å². The Labute approximate surface area is 148 Å². The van der Waals surface area contributed by atoms with Gasteiger partial charge in [0.05, 0.1) is 11.4 Å². The number of aryl methyl sites for hydroxylation is 2. The summed E-state index contributed by atoms with van der Waals surface area (Å²) in [4.78, 5) is 12.0. The van der Waals surface area contributed by atoms with Crippen molar-refractivity contribution in [3.05, 3.63) is 59.4 Å². The minimum Gasteiger partial charge on any atom is -0.411 e. The van der Waals surface area contributed by atoms with Crippen LogP contribution in [0.15, 0.2) is 52.1 Å². The van der Waals surface area contributed by atoms with Crippen LogP contribution in [0.1, 0.15) is 11.1 Å². The number of nitrogens with zero attached hydrogens (tertiary/aromatic N) is 2. The third-order valence-corrected chi connectivity index (χ3v) is 4.22. The second-order valence-electron chi connectivity index (χ2n) is 5.56. The molecule has 1 amide bonds. The first-order valence-corrected chi connectivity index (χ1v) is 8.59. The second-order valence-corrected chi connectivity index (χ2v) is 6.49. The van der Waals surface area contributed by atoms with E-state index in [-0.39, 0.29) is 22.6 Å². The molecule has 0 radical (unpaired) electrons. The van der Waals surface area contributed by atoms with Crippen molar-refractivity contribution in [3.63, 3.8) is 0 Å². The Morgan fingerprint density at radius 3 is 2.72 bits per heavy atom. The molecule has 0 atom stereocenters. The lowest BCUT2D eigenvalue weighted by molar-refractivity contribution is -0.113. The van der Waals surface area contributed by atoms with E-state index in [4.69, 9.17) is 4.42 Å². The molecule has 0 unspecified atom stereocenters. The van der Waals surface area contributed by atoms with E-state index in [1.807, 2.05) is 31.2 Å². The molecule has 0 spiro atoms. The van der Waals surface area contributed by atoms with E-state index in [0.29, 0.717) is 5.89 Å². The number of hydrogen-bond acceptors (Lipinski definition) is 5. The van der Waals surface area contributed by atoms with Gasteiger partial charge in [-0.1, -0.05) is 35.5 Å². The number of anilines is 1. The molecule has 0 aliphatic rings. The molecular weight excluding hydrogens is 341 g/mol. The van der Waals surface area contributed by atoms with E-state index in [2.05, 4.69) is 15.5 Å². The van der Waals surface area contributed by atoms with Crippen LogP contribution in [0.2, 0.25) is 0 Å². The van der Waals surface area contributed by atoms with E-state index in [0.717, 1.165) is 28.5 Å². The van der Waals surface area contributed by atoms with Crippen LogP contribution in [0, 0.1) is 19.7 Å². The van der Waals surface area contributed by atoms with Crippen LogP contribution in [0.4, 0.5) is 10.1 Å². The van der Waals surface area contributed by atoms with E-state index in [1.54, 1.807) is 13.0 Å². The molecular formula is C18H16FN3O2S. The molecule has 1 N–H and O–H groups in total. The molecule has 0 saturated heterocycles. The Hall–Kier alpha value is -2.67. The summed E-state index contributed by atoms with van der Waals surface area (Å²) in [5.74, 6) is -0.361. The molecule has 25 heavy (non-hydrogen) atoms. The smallest absolute Gasteiger partial charge is 0.277 e. The summed E-state index contributed by atoms with van der Waals surface area (Å²) < 4.78 is 19.3. The minimum atomic E-state index is -0.460. The van der Waals surface area contributed by atoms with Crippen molar-refractivity contribution in [3.8, 4) is 11.5 Å². The van der Waals surface area contributed by atoms with Crippen molar-refractivity contribution in [1.29, 1.82) is 0 Å².